The average molecular weight is 415 g/mol. The van der Waals surface area contributed by atoms with Gasteiger partial charge in [0.25, 0.3) is 0 Å². The van der Waals surface area contributed by atoms with Crippen molar-refractivity contribution in [3.8, 4) is 6.19 Å². The largest absolute Gasteiger partial charge is 0.321 e. The molecule has 166 valence electrons. The first kappa shape index (κ1) is 21.8. The van der Waals surface area contributed by atoms with Crippen molar-refractivity contribution < 1.29 is 9.63 Å². The first-order chi connectivity index (χ1) is 14.6. The number of piperidine rings is 1. The number of hydroxylamine groups is 1. The molecule has 4 rings (SSSR count). The first-order valence-corrected chi connectivity index (χ1v) is 12.1. The van der Waals surface area contributed by atoms with Gasteiger partial charge in [0.2, 0.25) is 0 Å². The molecule has 0 radical (unpaired) electrons. The van der Waals surface area contributed by atoms with Crippen molar-refractivity contribution >= 4 is 5.78 Å². The van der Waals surface area contributed by atoms with Crippen molar-refractivity contribution in [1.29, 1.82) is 5.26 Å². The topological polar surface area (TPSA) is 86.2 Å². The first-order valence-electron chi connectivity index (χ1n) is 12.1. The molecule has 4 fully saturated rings. The maximum Gasteiger partial charge on any atom is 0.186 e. The Bertz CT molecular complexity index is 659. The Balaban J connectivity index is 1.19. The summed E-state index contributed by atoms with van der Waals surface area (Å²) in [7, 11) is 0. The fourth-order valence-corrected chi connectivity index (χ4v) is 6.06. The Hall–Kier alpha value is -1.42. The third-order valence-electron chi connectivity index (χ3n) is 8.08. The number of ketones is 1. The summed E-state index contributed by atoms with van der Waals surface area (Å²) in [6.07, 6.45) is 17.3. The van der Waals surface area contributed by atoms with Crippen LogP contribution in [-0.2, 0) is 9.63 Å². The van der Waals surface area contributed by atoms with Crippen molar-refractivity contribution in [2.45, 2.75) is 108 Å². The summed E-state index contributed by atoms with van der Waals surface area (Å²) in [6.45, 7) is 3.35. The van der Waals surface area contributed by atoms with Gasteiger partial charge in [-0.1, -0.05) is 25.3 Å². The molecule has 0 bridgehead atoms. The van der Waals surface area contributed by atoms with Crippen molar-refractivity contribution in [3.63, 3.8) is 0 Å². The van der Waals surface area contributed by atoms with Gasteiger partial charge in [-0.3, -0.25) is 9.63 Å². The molecule has 2 heterocycles. The maximum absolute atomic E-state index is 12.8. The van der Waals surface area contributed by atoms with E-state index in [1.807, 2.05) is 6.08 Å². The summed E-state index contributed by atoms with van der Waals surface area (Å²) >= 11 is 0. The minimum absolute atomic E-state index is 0.130. The van der Waals surface area contributed by atoms with E-state index in [2.05, 4.69) is 29.2 Å². The van der Waals surface area contributed by atoms with Gasteiger partial charge in [-0.25, -0.2) is 0 Å². The number of nitrogens with zero attached hydrogens (tertiary/aromatic N) is 1. The van der Waals surface area contributed by atoms with Crippen LogP contribution in [0, 0.1) is 22.8 Å². The molecule has 30 heavy (non-hydrogen) atoms. The number of hydrogen-bond acceptors (Lipinski definition) is 6. The van der Waals surface area contributed by atoms with E-state index in [1.165, 1.54) is 37.7 Å². The SMILES string of the molecule is CCCCC1CCC(C2CC(C(=O)C=C3CCC4(CC3)CC(NC#N)C4)ON2)NC1. The van der Waals surface area contributed by atoms with Gasteiger partial charge in [-0.15, -0.1) is 0 Å². The third-order valence-corrected chi connectivity index (χ3v) is 8.08. The van der Waals surface area contributed by atoms with Crippen LogP contribution in [0.2, 0.25) is 0 Å². The van der Waals surface area contributed by atoms with Gasteiger partial charge in [0.1, 0.15) is 6.10 Å². The Morgan fingerprint density at radius 2 is 2.10 bits per heavy atom. The van der Waals surface area contributed by atoms with Crippen LogP contribution in [0.5, 0.6) is 0 Å². The molecule has 0 aromatic heterocycles. The molecule has 0 aromatic rings. The zero-order chi connectivity index (χ0) is 21.0. The molecule has 0 amide bonds. The van der Waals surface area contributed by atoms with E-state index in [4.69, 9.17) is 10.1 Å². The molecule has 2 aliphatic carbocycles. The summed E-state index contributed by atoms with van der Waals surface area (Å²) < 4.78 is 0. The van der Waals surface area contributed by atoms with Crippen molar-refractivity contribution in [3.05, 3.63) is 11.6 Å². The number of hydrogen-bond donors (Lipinski definition) is 3. The molecule has 4 atom stereocenters. The van der Waals surface area contributed by atoms with Gasteiger partial charge in [-0.2, -0.15) is 10.7 Å². The summed E-state index contributed by atoms with van der Waals surface area (Å²) in [5, 5.41) is 15.3. The third kappa shape index (κ3) is 5.07. The second kappa shape index (κ2) is 9.80. The molecule has 1 spiro atoms. The molecule has 4 aliphatic rings. The van der Waals surface area contributed by atoms with Gasteiger partial charge < -0.3 is 10.6 Å². The monoisotopic (exact) mass is 414 g/mol. The van der Waals surface area contributed by atoms with Crippen LogP contribution in [0.4, 0.5) is 0 Å². The molecule has 2 aliphatic heterocycles. The summed E-state index contributed by atoms with van der Waals surface area (Å²) in [6, 6.07) is 1.02. The zero-order valence-corrected chi connectivity index (χ0v) is 18.4. The minimum atomic E-state index is -0.342. The zero-order valence-electron chi connectivity index (χ0n) is 18.4. The number of nitriles is 1. The van der Waals surface area contributed by atoms with E-state index >= 15 is 0 Å². The van der Waals surface area contributed by atoms with Crippen molar-refractivity contribution in [1.82, 2.24) is 16.1 Å². The van der Waals surface area contributed by atoms with Crippen LogP contribution >= 0.6 is 0 Å². The molecular weight excluding hydrogens is 376 g/mol. The van der Waals surface area contributed by atoms with E-state index in [9.17, 15) is 4.79 Å². The van der Waals surface area contributed by atoms with Crippen LogP contribution in [-0.4, -0.2) is 36.6 Å². The summed E-state index contributed by atoms with van der Waals surface area (Å²) in [5.74, 6) is 0.937. The fraction of sp³-hybridized carbons (Fsp3) is 0.833. The lowest BCUT2D eigenvalue weighted by atomic mass is 9.57. The quantitative estimate of drug-likeness (QED) is 0.336. The number of nitrogens with one attached hydrogen (secondary N) is 3. The second-order valence-electron chi connectivity index (χ2n) is 10.2. The lowest BCUT2D eigenvalue weighted by Gasteiger charge is -2.50. The van der Waals surface area contributed by atoms with Crippen LogP contribution in [0.3, 0.4) is 0 Å². The van der Waals surface area contributed by atoms with E-state index in [-0.39, 0.29) is 17.9 Å². The second-order valence-corrected chi connectivity index (χ2v) is 10.2. The number of unbranched alkanes of at least 4 members (excludes halogenated alkanes) is 1. The number of carbonyl (C=O) groups is 1. The van der Waals surface area contributed by atoms with Crippen LogP contribution in [0.1, 0.15) is 84.0 Å². The predicted molar refractivity (Wildman–Crippen MR) is 116 cm³/mol. The van der Waals surface area contributed by atoms with E-state index < -0.39 is 0 Å². The fourth-order valence-electron chi connectivity index (χ4n) is 6.06. The standard InChI is InChI=1S/C24H38N4O2/c1-2-3-4-18-5-6-20(26-15-18)21-12-23(30-28-21)22(29)11-17-7-9-24(10-8-17)13-19(14-24)27-16-25/h11,18-21,23,26-28H,2-10,12-15H2,1H3. The van der Waals surface area contributed by atoms with Crippen molar-refractivity contribution in [2.75, 3.05) is 6.54 Å². The van der Waals surface area contributed by atoms with Crippen LogP contribution in [0.25, 0.3) is 0 Å². The lowest BCUT2D eigenvalue weighted by molar-refractivity contribution is -0.125. The Labute approximate surface area is 181 Å². The van der Waals surface area contributed by atoms with Gasteiger partial charge in [0.15, 0.2) is 12.0 Å². The highest BCUT2D eigenvalue weighted by Gasteiger charge is 2.45. The van der Waals surface area contributed by atoms with E-state index in [0.717, 1.165) is 57.4 Å². The number of rotatable bonds is 7. The number of carbonyl (C=O) groups excluding carboxylic acids is 1. The average Bonchev–Trinajstić information content (AvgIpc) is 3.23. The maximum atomic E-state index is 12.8. The summed E-state index contributed by atoms with van der Waals surface area (Å²) in [5.41, 5.74) is 4.85. The number of allylic oxidation sites excluding steroid dienone is 1. The molecule has 3 N–H and O–H groups in total. The molecule has 2 saturated carbocycles. The van der Waals surface area contributed by atoms with Gasteiger partial charge in [-0.05, 0) is 81.7 Å². The van der Waals surface area contributed by atoms with Crippen molar-refractivity contribution in [2.24, 2.45) is 11.3 Å². The normalized spacial score (nSPS) is 38.7. The Morgan fingerprint density at radius 3 is 2.77 bits per heavy atom. The predicted octanol–water partition coefficient (Wildman–Crippen LogP) is 3.50. The highest BCUT2D eigenvalue weighted by molar-refractivity contribution is 5.94. The van der Waals surface area contributed by atoms with Crippen LogP contribution in [0.15, 0.2) is 11.6 Å². The summed E-state index contributed by atoms with van der Waals surface area (Å²) in [4.78, 5) is 18.5. The Morgan fingerprint density at radius 1 is 1.30 bits per heavy atom. The molecule has 6 heteroatoms. The Kier molecular flexibility index (Phi) is 7.12. The van der Waals surface area contributed by atoms with E-state index in [0.29, 0.717) is 17.5 Å². The molecular formula is C24H38N4O2. The highest BCUT2D eigenvalue weighted by Crippen LogP contribution is 2.52. The lowest BCUT2D eigenvalue weighted by Crippen LogP contribution is -2.49. The smallest absolute Gasteiger partial charge is 0.186 e. The molecule has 2 saturated heterocycles. The molecule has 4 unspecified atom stereocenters. The van der Waals surface area contributed by atoms with Crippen LogP contribution < -0.4 is 16.1 Å². The van der Waals surface area contributed by atoms with E-state index in [1.54, 1.807) is 0 Å². The molecule has 0 aromatic carbocycles. The van der Waals surface area contributed by atoms with Gasteiger partial charge in [0.05, 0.1) is 6.04 Å². The molecule has 6 nitrogen and oxygen atoms in total. The minimum Gasteiger partial charge on any atom is -0.321 e. The van der Waals surface area contributed by atoms with Gasteiger partial charge in [0, 0.05) is 18.5 Å². The highest BCUT2D eigenvalue weighted by atomic mass is 16.7. The van der Waals surface area contributed by atoms with Gasteiger partial charge >= 0.3 is 0 Å².